The van der Waals surface area contributed by atoms with Crippen LogP contribution in [-0.2, 0) is 0 Å². The topological polar surface area (TPSA) is 15.3 Å². The highest BCUT2D eigenvalue weighted by Crippen LogP contribution is 2.24. The van der Waals surface area contributed by atoms with Gasteiger partial charge in [0.1, 0.15) is 0 Å². The van der Waals surface area contributed by atoms with Crippen LogP contribution in [0.4, 0.5) is 0 Å². The lowest BCUT2D eigenvalue weighted by atomic mass is 9.99. The van der Waals surface area contributed by atoms with Gasteiger partial charge in [-0.25, -0.2) is 0 Å². The van der Waals surface area contributed by atoms with Crippen molar-refractivity contribution in [2.24, 2.45) is 0 Å². The monoisotopic (exact) mass is 214 g/mol. The molecule has 0 saturated carbocycles. The quantitative estimate of drug-likeness (QED) is 0.713. The van der Waals surface area contributed by atoms with Gasteiger partial charge in [-0.3, -0.25) is 4.90 Å². The first-order valence-corrected chi connectivity index (χ1v) is 6.90. The average molecular weight is 214 g/mol. The Bertz CT molecular complexity index is 188. The summed E-state index contributed by atoms with van der Waals surface area (Å²) in [5.74, 6) is 2.74. The summed E-state index contributed by atoms with van der Waals surface area (Å²) in [4.78, 5) is 2.70. The highest BCUT2D eigenvalue weighted by atomic mass is 32.2. The fourth-order valence-corrected chi connectivity index (χ4v) is 3.62. The summed E-state index contributed by atoms with van der Waals surface area (Å²) in [6, 6.07) is 0.873. The molecule has 0 aliphatic carbocycles. The van der Waals surface area contributed by atoms with E-state index in [9.17, 15) is 0 Å². The summed E-state index contributed by atoms with van der Waals surface area (Å²) in [7, 11) is 0. The van der Waals surface area contributed by atoms with Crippen LogP contribution < -0.4 is 5.32 Å². The van der Waals surface area contributed by atoms with Gasteiger partial charge in [0.2, 0.25) is 0 Å². The number of thioether (sulfide) groups is 1. The maximum Gasteiger partial charge on any atom is 0.0252 e. The van der Waals surface area contributed by atoms with E-state index in [0.717, 1.165) is 12.6 Å². The van der Waals surface area contributed by atoms with Crippen molar-refractivity contribution in [1.82, 2.24) is 10.2 Å². The van der Waals surface area contributed by atoms with E-state index in [0.29, 0.717) is 5.54 Å². The number of nitrogens with zero attached hydrogens (tertiary/aromatic N) is 1. The minimum Gasteiger partial charge on any atom is -0.309 e. The van der Waals surface area contributed by atoms with Crippen molar-refractivity contribution < 1.29 is 0 Å². The van der Waals surface area contributed by atoms with Gasteiger partial charge in [0, 0.05) is 31.2 Å². The van der Waals surface area contributed by atoms with Crippen molar-refractivity contribution in [3.63, 3.8) is 0 Å². The Labute approximate surface area is 91.8 Å². The van der Waals surface area contributed by atoms with Gasteiger partial charge < -0.3 is 5.32 Å². The van der Waals surface area contributed by atoms with Gasteiger partial charge in [0.25, 0.3) is 0 Å². The molecule has 14 heavy (non-hydrogen) atoms. The highest BCUT2D eigenvalue weighted by Gasteiger charge is 2.30. The van der Waals surface area contributed by atoms with Gasteiger partial charge in [-0.2, -0.15) is 11.8 Å². The summed E-state index contributed by atoms with van der Waals surface area (Å²) in [6.45, 7) is 8.27. The Morgan fingerprint density at radius 1 is 1.29 bits per heavy atom. The minimum absolute atomic E-state index is 0.322. The number of hydrogen-bond acceptors (Lipinski definition) is 3. The Hall–Kier alpha value is 0.270. The largest absolute Gasteiger partial charge is 0.309 e. The zero-order valence-electron chi connectivity index (χ0n) is 9.38. The maximum atomic E-state index is 3.58. The van der Waals surface area contributed by atoms with Crippen LogP contribution in [0, 0.1) is 0 Å². The Morgan fingerprint density at radius 3 is 2.64 bits per heavy atom. The van der Waals surface area contributed by atoms with E-state index in [1.807, 2.05) is 0 Å². The molecule has 0 aromatic rings. The summed E-state index contributed by atoms with van der Waals surface area (Å²) < 4.78 is 0. The number of nitrogens with one attached hydrogen (secondary N) is 1. The van der Waals surface area contributed by atoms with Gasteiger partial charge in [-0.1, -0.05) is 0 Å². The first-order chi connectivity index (χ1) is 6.67. The summed E-state index contributed by atoms with van der Waals surface area (Å²) in [5, 5.41) is 3.58. The number of rotatable bonds is 1. The second-order valence-electron chi connectivity index (χ2n) is 5.12. The van der Waals surface area contributed by atoms with Crippen molar-refractivity contribution in [2.45, 2.75) is 38.3 Å². The summed E-state index contributed by atoms with van der Waals surface area (Å²) >= 11 is 2.12. The number of hydrogen-bond donors (Lipinski definition) is 1. The zero-order chi connectivity index (χ0) is 10.0. The zero-order valence-corrected chi connectivity index (χ0v) is 10.2. The van der Waals surface area contributed by atoms with E-state index in [4.69, 9.17) is 0 Å². The molecule has 0 unspecified atom stereocenters. The molecule has 2 aliphatic rings. The van der Waals surface area contributed by atoms with Crippen LogP contribution in [0.2, 0.25) is 0 Å². The molecule has 1 N–H and O–H groups in total. The van der Waals surface area contributed by atoms with Gasteiger partial charge in [-0.05, 0) is 38.2 Å². The standard InChI is InChI=1S/C11H22N2S/c1-11(2)9-13(6-5-12-11)10-3-7-14-8-4-10/h10,12H,3-9H2,1-2H3. The second-order valence-corrected chi connectivity index (χ2v) is 6.35. The molecule has 2 nitrogen and oxygen atoms in total. The molecule has 2 aliphatic heterocycles. The smallest absolute Gasteiger partial charge is 0.0252 e. The lowest BCUT2D eigenvalue weighted by Crippen LogP contribution is -2.59. The molecule has 0 aromatic carbocycles. The molecule has 0 radical (unpaired) electrons. The second kappa shape index (κ2) is 4.42. The molecule has 0 aromatic heterocycles. The van der Waals surface area contributed by atoms with E-state index in [1.54, 1.807) is 0 Å². The molecule has 0 amide bonds. The Morgan fingerprint density at radius 2 is 2.00 bits per heavy atom. The van der Waals surface area contributed by atoms with Crippen LogP contribution >= 0.6 is 11.8 Å². The van der Waals surface area contributed by atoms with E-state index in [2.05, 4.69) is 35.8 Å². The Balaban J connectivity index is 1.89. The molecule has 2 rings (SSSR count). The lowest BCUT2D eigenvalue weighted by molar-refractivity contribution is 0.104. The summed E-state index contributed by atoms with van der Waals surface area (Å²) in [5.41, 5.74) is 0.322. The van der Waals surface area contributed by atoms with Crippen LogP contribution in [0.25, 0.3) is 0 Å². The van der Waals surface area contributed by atoms with Crippen LogP contribution in [0.3, 0.4) is 0 Å². The van der Waals surface area contributed by atoms with Crippen LogP contribution in [0.1, 0.15) is 26.7 Å². The molecule has 82 valence electrons. The van der Waals surface area contributed by atoms with Gasteiger partial charge in [-0.15, -0.1) is 0 Å². The predicted octanol–water partition coefficient (Wildman–Crippen LogP) is 1.57. The van der Waals surface area contributed by atoms with Gasteiger partial charge in [0.05, 0.1) is 0 Å². The normalized spacial score (nSPS) is 30.4. The molecular formula is C11H22N2S. The molecule has 0 spiro atoms. The molecule has 2 saturated heterocycles. The molecule has 0 bridgehead atoms. The fourth-order valence-electron chi connectivity index (χ4n) is 2.54. The average Bonchev–Trinajstić information content (AvgIpc) is 2.18. The van der Waals surface area contributed by atoms with Crippen molar-refractivity contribution in [3.05, 3.63) is 0 Å². The van der Waals surface area contributed by atoms with E-state index in [1.165, 1.54) is 37.4 Å². The molecular weight excluding hydrogens is 192 g/mol. The molecule has 2 fully saturated rings. The van der Waals surface area contributed by atoms with Crippen LogP contribution in [0.15, 0.2) is 0 Å². The van der Waals surface area contributed by atoms with Crippen LogP contribution in [-0.4, -0.2) is 47.6 Å². The van der Waals surface area contributed by atoms with Gasteiger partial charge in [0.15, 0.2) is 0 Å². The van der Waals surface area contributed by atoms with E-state index >= 15 is 0 Å². The Kier molecular flexibility index (Phi) is 3.40. The molecule has 2 heterocycles. The SMILES string of the molecule is CC1(C)CN(C2CCSCC2)CCN1. The third-order valence-corrected chi connectivity index (χ3v) is 4.36. The lowest BCUT2D eigenvalue weighted by Gasteiger charge is -2.44. The first kappa shape index (κ1) is 10.8. The summed E-state index contributed by atoms with van der Waals surface area (Å²) in [6.07, 6.45) is 2.81. The number of piperazine rings is 1. The van der Waals surface area contributed by atoms with Crippen molar-refractivity contribution in [2.75, 3.05) is 31.1 Å². The molecule has 3 heteroatoms. The third-order valence-electron chi connectivity index (χ3n) is 3.31. The minimum atomic E-state index is 0.322. The van der Waals surface area contributed by atoms with Crippen LogP contribution in [0.5, 0.6) is 0 Å². The van der Waals surface area contributed by atoms with Crippen molar-refractivity contribution >= 4 is 11.8 Å². The third kappa shape index (κ3) is 2.65. The van der Waals surface area contributed by atoms with E-state index < -0.39 is 0 Å². The highest BCUT2D eigenvalue weighted by molar-refractivity contribution is 7.99. The van der Waals surface area contributed by atoms with E-state index in [-0.39, 0.29) is 0 Å². The van der Waals surface area contributed by atoms with Gasteiger partial charge >= 0.3 is 0 Å². The van der Waals surface area contributed by atoms with Crippen molar-refractivity contribution in [3.8, 4) is 0 Å². The predicted molar refractivity (Wildman–Crippen MR) is 64.0 cm³/mol. The molecule has 0 atom stereocenters. The fraction of sp³-hybridized carbons (Fsp3) is 1.00. The first-order valence-electron chi connectivity index (χ1n) is 5.74. The van der Waals surface area contributed by atoms with Crippen molar-refractivity contribution in [1.29, 1.82) is 0 Å². The maximum absolute atomic E-state index is 3.58.